The summed E-state index contributed by atoms with van der Waals surface area (Å²) in [6, 6.07) is 76.4. The van der Waals surface area contributed by atoms with Gasteiger partial charge in [-0.25, -0.2) is 0 Å². The molecule has 258 valence electrons. The minimum Gasteiger partial charge on any atom is -0.0622 e. The molecular formula is C56H34. The third-order valence-electron chi connectivity index (χ3n) is 12.2. The predicted octanol–water partition coefficient (Wildman–Crippen LogP) is 15.9. The topological polar surface area (TPSA) is 0 Å². The zero-order valence-electron chi connectivity index (χ0n) is 30.6. The van der Waals surface area contributed by atoms with Gasteiger partial charge in [0.05, 0.1) is 0 Å². The molecule has 0 aliphatic rings. The summed E-state index contributed by atoms with van der Waals surface area (Å²) in [6.45, 7) is 0. The average Bonchev–Trinajstić information content (AvgIpc) is 3.27. The van der Waals surface area contributed by atoms with Gasteiger partial charge in [-0.15, -0.1) is 0 Å². The Hall–Kier alpha value is -7.28. The average molecular weight is 707 g/mol. The number of fused-ring (bicyclic) bond motifs is 7. The molecule has 12 aromatic rings. The second-order valence-corrected chi connectivity index (χ2v) is 15.1. The molecule has 0 aliphatic carbocycles. The van der Waals surface area contributed by atoms with Gasteiger partial charge in [0.1, 0.15) is 0 Å². The van der Waals surface area contributed by atoms with Crippen LogP contribution in [0.2, 0.25) is 0 Å². The second-order valence-electron chi connectivity index (χ2n) is 15.1. The fraction of sp³-hybridized carbons (Fsp3) is 0. The van der Waals surface area contributed by atoms with Gasteiger partial charge in [0.2, 0.25) is 0 Å². The third kappa shape index (κ3) is 4.42. The van der Waals surface area contributed by atoms with Crippen LogP contribution in [0, 0.1) is 0 Å². The van der Waals surface area contributed by atoms with Crippen LogP contribution in [-0.4, -0.2) is 0 Å². The van der Waals surface area contributed by atoms with Gasteiger partial charge in [-0.3, -0.25) is 0 Å². The smallest absolute Gasteiger partial charge is 0.000740 e. The Kier molecular flexibility index (Phi) is 6.73. The lowest BCUT2D eigenvalue weighted by Crippen LogP contribution is -1.95. The molecule has 0 aliphatic heterocycles. The molecule has 12 rings (SSSR count). The van der Waals surface area contributed by atoms with E-state index in [0.29, 0.717) is 0 Å². The van der Waals surface area contributed by atoms with Gasteiger partial charge < -0.3 is 0 Å². The van der Waals surface area contributed by atoms with E-state index < -0.39 is 0 Å². The fourth-order valence-electron chi connectivity index (χ4n) is 9.91. The van der Waals surface area contributed by atoms with Gasteiger partial charge in [0.15, 0.2) is 0 Å². The van der Waals surface area contributed by atoms with E-state index in [9.17, 15) is 0 Å². The van der Waals surface area contributed by atoms with Crippen LogP contribution in [0.15, 0.2) is 206 Å². The highest BCUT2D eigenvalue weighted by molar-refractivity contribution is 6.45. The summed E-state index contributed by atoms with van der Waals surface area (Å²) in [5.41, 5.74) is 10.1. The Morgan fingerprint density at radius 1 is 0.196 bits per heavy atom. The SMILES string of the molecule is c1ccc(-c2ccccc2-c2c3ccccc3c3c4c2cccc4c2cccc4c(-c5ccc6c(-c7ccccc7)cccc6c5)c5ccccc5c3c42)cc1. The third-order valence-corrected chi connectivity index (χ3v) is 12.2. The zero-order valence-corrected chi connectivity index (χ0v) is 30.6. The Bertz CT molecular complexity index is 3500. The largest absolute Gasteiger partial charge is 0.0622 e. The molecule has 0 atom stereocenters. The van der Waals surface area contributed by atoms with E-state index in [1.165, 1.54) is 120 Å². The van der Waals surface area contributed by atoms with Crippen LogP contribution in [0.4, 0.5) is 0 Å². The van der Waals surface area contributed by atoms with Crippen molar-refractivity contribution in [1.29, 1.82) is 0 Å². The van der Waals surface area contributed by atoms with Crippen LogP contribution in [-0.2, 0) is 0 Å². The maximum atomic E-state index is 2.40. The van der Waals surface area contributed by atoms with Crippen molar-refractivity contribution in [2.24, 2.45) is 0 Å². The van der Waals surface area contributed by atoms with Crippen molar-refractivity contribution in [3.8, 4) is 44.5 Å². The van der Waals surface area contributed by atoms with Gasteiger partial charge in [-0.1, -0.05) is 200 Å². The van der Waals surface area contributed by atoms with Crippen LogP contribution < -0.4 is 0 Å². The zero-order chi connectivity index (χ0) is 36.7. The molecule has 0 saturated heterocycles. The van der Waals surface area contributed by atoms with Crippen molar-refractivity contribution < 1.29 is 0 Å². The maximum absolute atomic E-state index is 2.40. The Balaban J connectivity index is 1.23. The Morgan fingerprint density at radius 3 is 1.27 bits per heavy atom. The fourth-order valence-corrected chi connectivity index (χ4v) is 9.91. The summed E-state index contributed by atoms with van der Waals surface area (Å²) in [5, 5.41) is 18.2. The molecule has 56 heavy (non-hydrogen) atoms. The lowest BCUT2D eigenvalue weighted by molar-refractivity contribution is 1.61. The summed E-state index contributed by atoms with van der Waals surface area (Å²) in [4.78, 5) is 0. The van der Waals surface area contributed by atoms with E-state index >= 15 is 0 Å². The summed E-state index contributed by atoms with van der Waals surface area (Å²) in [5.74, 6) is 0. The molecule has 0 radical (unpaired) electrons. The minimum atomic E-state index is 1.23. The normalized spacial score (nSPS) is 11.9. The first kappa shape index (κ1) is 31.1. The van der Waals surface area contributed by atoms with Crippen molar-refractivity contribution >= 4 is 75.4 Å². The van der Waals surface area contributed by atoms with Crippen LogP contribution in [0.1, 0.15) is 0 Å². The number of benzene rings is 12. The summed E-state index contributed by atoms with van der Waals surface area (Å²) in [6.07, 6.45) is 0. The van der Waals surface area contributed by atoms with Crippen molar-refractivity contribution in [2.75, 3.05) is 0 Å². The molecule has 0 heteroatoms. The van der Waals surface area contributed by atoms with Gasteiger partial charge in [0, 0.05) is 0 Å². The second kappa shape index (κ2) is 12.1. The Labute approximate surface area is 324 Å². The molecule has 0 bridgehead atoms. The molecule has 0 heterocycles. The summed E-state index contributed by atoms with van der Waals surface area (Å²) >= 11 is 0. The molecule has 0 fully saturated rings. The molecule has 0 aromatic heterocycles. The summed E-state index contributed by atoms with van der Waals surface area (Å²) in [7, 11) is 0. The predicted molar refractivity (Wildman–Crippen MR) is 242 cm³/mol. The minimum absolute atomic E-state index is 1.23. The molecule has 0 N–H and O–H groups in total. The highest BCUT2D eigenvalue weighted by Gasteiger charge is 2.24. The van der Waals surface area contributed by atoms with Crippen molar-refractivity contribution in [3.05, 3.63) is 206 Å². The molecule has 0 amide bonds. The lowest BCUT2D eigenvalue weighted by Gasteiger charge is -2.23. The molecule has 12 aromatic carbocycles. The monoisotopic (exact) mass is 706 g/mol. The highest BCUT2D eigenvalue weighted by atomic mass is 14.3. The molecule has 0 saturated carbocycles. The van der Waals surface area contributed by atoms with Crippen LogP contribution in [0.5, 0.6) is 0 Å². The van der Waals surface area contributed by atoms with Gasteiger partial charge >= 0.3 is 0 Å². The van der Waals surface area contributed by atoms with Crippen molar-refractivity contribution in [1.82, 2.24) is 0 Å². The quantitative estimate of drug-likeness (QED) is 0.126. The van der Waals surface area contributed by atoms with Crippen molar-refractivity contribution in [2.45, 2.75) is 0 Å². The Morgan fingerprint density at radius 2 is 0.625 bits per heavy atom. The van der Waals surface area contributed by atoms with E-state index in [2.05, 4.69) is 206 Å². The molecule has 0 nitrogen and oxygen atoms in total. The number of hydrogen-bond acceptors (Lipinski definition) is 0. The van der Waals surface area contributed by atoms with E-state index in [4.69, 9.17) is 0 Å². The van der Waals surface area contributed by atoms with Crippen LogP contribution in [0.3, 0.4) is 0 Å². The van der Waals surface area contributed by atoms with Crippen molar-refractivity contribution in [3.63, 3.8) is 0 Å². The van der Waals surface area contributed by atoms with E-state index in [1.807, 2.05) is 0 Å². The number of rotatable bonds is 4. The lowest BCUT2D eigenvalue weighted by atomic mass is 9.79. The number of hydrogen-bond donors (Lipinski definition) is 0. The van der Waals surface area contributed by atoms with Crippen LogP contribution >= 0.6 is 0 Å². The van der Waals surface area contributed by atoms with E-state index in [0.717, 1.165) is 0 Å². The molecule has 0 spiro atoms. The van der Waals surface area contributed by atoms with Gasteiger partial charge in [0.25, 0.3) is 0 Å². The van der Waals surface area contributed by atoms with E-state index in [-0.39, 0.29) is 0 Å². The van der Waals surface area contributed by atoms with Crippen LogP contribution in [0.25, 0.3) is 120 Å². The molecular weight excluding hydrogens is 673 g/mol. The van der Waals surface area contributed by atoms with Gasteiger partial charge in [-0.05, 0) is 126 Å². The first-order valence-corrected chi connectivity index (χ1v) is 19.5. The first-order chi connectivity index (χ1) is 27.8. The first-order valence-electron chi connectivity index (χ1n) is 19.5. The van der Waals surface area contributed by atoms with E-state index in [1.54, 1.807) is 0 Å². The summed E-state index contributed by atoms with van der Waals surface area (Å²) < 4.78 is 0. The maximum Gasteiger partial charge on any atom is -0.000740 e. The standard InChI is InChI=1S/C56H34/c1-3-16-35(17-4-1)39-27-13-20-37-34-38(32-33-41(37)39)51-43-23-9-11-25-47(43)55-53-45(28-14-30-49(51)53)46-29-15-31-50-52(44-24-10-12-26-48(44)56(55)54(46)50)42-22-8-7-21-40(42)36-18-5-2-6-19-36/h1-34H. The molecule has 0 unspecified atom stereocenters. The van der Waals surface area contributed by atoms with Gasteiger partial charge in [-0.2, -0.15) is 0 Å². The highest BCUT2D eigenvalue weighted by Crippen LogP contribution is 2.52.